The summed E-state index contributed by atoms with van der Waals surface area (Å²) >= 11 is 0. The third kappa shape index (κ3) is 5.21. The summed E-state index contributed by atoms with van der Waals surface area (Å²) in [4.78, 5) is 36.4. The van der Waals surface area contributed by atoms with Gasteiger partial charge < -0.3 is 10.0 Å². The number of hydrogen-bond donors (Lipinski definition) is 2. The molecule has 21 heavy (non-hydrogen) atoms. The summed E-state index contributed by atoms with van der Waals surface area (Å²) in [7, 11) is 0. The number of carboxylic acids is 1. The molecule has 0 spiro atoms. The quantitative estimate of drug-likeness (QED) is 0.705. The van der Waals surface area contributed by atoms with Crippen LogP contribution < -0.4 is 5.32 Å². The summed E-state index contributed by atoms with van der Waals surface area (Å²) in [6.07, 6.45) is 5.00. The summed E-state index contributed by atoms with van der Waals surface area (Å²) in [6, 6.07) is -0.453. The van der Waals surface area contributed by atoms with E-state index < -0.39 is 23.3 Å². The van der Waals surface area contributed by atoms with E-state index in [2.05, 4.69) is 11.9 Å². The molecule has 1 fully saturated rings. The van der Waals surface area contributed by atoms with Gasteiger partial charge in [-0.25, -0.2) is 4.79 Å². The zero-order valence-electron chi connectivity index (χ0n) is 12.6. The van der Waals surface area contributed by atoms with Crippen molar-refractivity contribution in [3.63, 3.8) is 0 Å². The molecule has 0 radical (unpaired) electrons. The Balaban J connectivity index is 2.60. The van der Waals surface area contributed by atoms with E-state index in [1.807, 2.05) is 6.92 Å². The highest BCUT2D eigenvalue weighted by Crippen LogP contribution is 2.43. The molecule has 1 aliphatic carbocycles. The average Bonchev–Trinajstić information content (AvgIpc) is 2.82. The summed E-state index contributed by atoms with van der Waals surface area (Å²) in [6.45, 7) is 6.23. The summed E-state index contributed by atoms with van der Waals surface area (Å²) < 4.78 is 0. The van der Waals surface area contributed by atoms with Crippen LogP contribution >= 0.6 is 0 Å². The number of hydrogen-bond acceptors (Lipinski definition) is 3. The van der Waals surface area contributed by atoms with Crippen LogP contribution in [0.25, 0.3) is 0 Å². The number of urea groups is 1. The van der Waals surface area contributed by atoms with Crippen molar-refractivity contribution in [1.29, 1.82) is 0 Å². The van der Waals surface area contributed by atoms with Crippen molar-refractivity contribution in [2.45, 2.75) is 45.4 Å². The predicted molar refractivity (Wildman–Crippen MR) is 78.8 cm³/mol. The van der Waals surface area contributed by atoms with Crippen molar-refractivity contribution in [1.82, 2.24) is 10.2 Å². The number of likely N-dealkylation sites (N-methyl/N-ethyl adjacent to an activating group) is 1. The minimum Gasteiger partial charge on any atom is -0.481 e. The topological polar surface area (TPSA) is 86.7 Å². The third-order valence-corrected chi connectivity index (χ3v) is 3.99. The average molecular weight is 296 g/mol. The minimum atomic E-state index is -0.891. The second-order valence-corrected chi connectivity index (χ2v) is 5.64. The molecule has 0 aliphatic heterocycles. The standard InChI is InChI=1S/C15H24N2O4/c1-3-9-17(4-2)14(21)16-12(18)10-15(11-13(19)20)7-5-6-8-15/h3H,1,4-11H2,2H3,(H,19,20)(H,16,18,21). The van der Waals surface area contributed by atoms with Crippen LogP contribution in [0.4, 0.5) is 4.79 Å². The Morgan fingerprint density at radius 2 is 1.90 bits per heavy atom. The monoisotopic (exact) mass is 296 g/mol. The Bertz CT molecular complexity index is 414. The molecule has 0 unspecified atom stereocenters. The lowest BCUT2D eigenvalue weighted by Gasteiger charge is -2.27. The van der Waals surface area contributed by atoms with E-state index in [1.165, 1.54) is 4.90 Å². The van der Waals surface area contributed by atoms with Crippen LogP contribution in [0.15, 0.2) is 12.7 Å². The van der Waals surface area contributed by atoms with Gasteiger partial charge in [-0.05, 0) is 25.2 Å². The Morgan fingerprint density at radius 3 is 2.38 bits per heavy atom. The number of aliphatic carboxylic acids is 1. The normalized spacial score (nSPS) is 16.2. The van der Waals surface area contributed by atoms with E-state index >= 15 is 0 Å². The molecule has 3 amide bonds. The molecule has 1 aliphatic rings. The molecule has 118 valence electrons. The SMILES string of the molecule is C=CCN(CC)C(=O)NC(=O)CC1(CC(=O)O)CCCC1. The number of carboxylic acid groups (broad SMARTS) is 1. The first-order valence-electron chi connectivity index (χ1n) is 7.34. The number of nitrogens with zero attached hydrogens (tertiary/aromatic N) is 1. The first-order valence-corrected chi connectivity index (χ1v) is 7.34. The molecule has 0 aromatic carbocycles. The molecule has 0 atom stereocenters. The van der Waals surface area contributed by atoms with Gasteiger partial charge in [-0.1, -0.05) is 18.9 Å². The second-order valence-electron chi connectivity index (χ2n) is 5.64. The van der Waals surface area contributed by atoms with Crippen molar-refractivity contribution in [3.05, 3.63) is 12.7 Å². The number of amides is 3. The number of carbonyl (C=O) groups excluding carboxylic acids is 2. The van der Waals surface area contributed by atoms with Gasteiger partial charge >= 0.3 is 12.0 Å². The lowest BCUT2D eigenvalue weighted by molar-refractivity contribution is -0.140. The van der Waals surface area contributed by atoms with Crippen molar-refractivity contribution in [3.8, 4) is 0 Å². The van der Waals surface area contributed by atoms with Crippen LogP contribution in [0.2, 0.25) is 0 Å². The Labute approximate surface area is 125 Å². The highest BCUT2D eigenvalue weighted by molar-refractivity contribution is 5.94. The molecule has 0 bridgehead atoms. The van der Waals surface area contributed by atoms with Gasteiger partial charge in [0.1, 0.15) is 0 Å². The fraction of sp³-hybridized carbons (Fsp3) is 0.667. The molecule has 0 aromatic rings. The van der Waals surface area contributed by atoms with Crippen LogP contribution in [-0.4, -0.2) is 41.0 Å². The van der Waals surface area contributed by atoms with Crippen LogP contribution in [0.5, 0.6) is 0 Å². The van der Waals surface area contributed by atoms with E-state index in [0.29, 0.717) is 13.1 Å². The lowest BCUT2D eigenvalue weighted by atomic mass is 9.79. The summed E-state index contributed by atoms with van der Waals surface area (Å²) in [5.41, 5.74) is -0.494. The molecule has 1 saturated carbocycles. The third-order valence-electron chi connectivity index (χ3n) is 3.99. The van der Waals surface area contributed by atoms with Gasteiger partial charge in [0.25, 0.3) is 0 Å². The van der Waals surface area contributed by atoms with Crippen LogP contribution in [0.1, 0.15) is 45.4 Å². The van der Waals surface area contributed by atoms with Gasteiger partial charge in [-0.3, -0.25) is 14.9 Å². The Hall–Kier alpha value is -1.85. The summed E-state index contributed by atoms with van der Waals surface area (Å²) in [5.74, 6) is -1.29. The molecular weight excluding hydrogens is 272 g/mol. The first-order chi connectivity index (χ1) is 9.92. The molecule has 0 aromatic heterocycles. The van der Waals surface area contributed by atoms with E-state index in [1.54, 1.807) is 6.08 Å². The van der Waals surface area contributed by atoms with Gasteiger partial charge in [0.2, 0.25) is 5.91 Å². The first kappa shape index (κ1) is 17.2. The highest BCUT2D eigenvalue weighted by atomic mass is 16.4. The van der Waals surface area contributed by atoms with E-state index in [0.717, 1.165) is 25.7 Å². The van der Waals surface area contributed by atoms with Gasteiger partial charge in [-0.2, -0.15) is 0 Å². The van der Waals surface area contributed by atoms with Gasteiger partial charge in [-0.15, -0.1) is 6.58 Å². The number of rotatable bonds is 7. The van der Waals surface area contributed by atoms with Crippen molar-refractivity contribution >= 4 is 17.9 Å². The van der Waals surface area contributed by atoms with E-state index in [9.17, 15) is 14.4 Å². The maximum Gasteiger partial charge on any atom is 0.324 e. The second kappa shape index (κ2) is 7.81. The number of carbonyl (C=O) groups is 3. The van der Waals surface area contributed by atoms with Crippen molar-refractivity contribution < 1.29 is 19.5 Å². The maximum absolute atomic E-state index is 12.0. The van der Waals surface area contributed by atoms with E-state index in [-0.39, 0.29) is 12.8 Å². The largest absolute Gasteiger partial charge is 0.481 e. The summed E-state index contributed by atoms with van der Waals surface area (Å²) in [5, 5.41) is 11.4. The minimum absolute atomic E-state index is 0.0151. The number of nitrogens with one attached hydrogen (secondary N) is 1. The van der Waals surface area contributed by atoms with Crippen molar-refractivity contribution in [2.24, 2.45) is 5.41 Å². The fourth-order valence-electron chi connectivity index (χ4n) is 2.96. The molecule has 0 saturated heterocycles. The predicted octanol–water partition coefficient (Wildman–Crippen LogP) is 2.16. The molecular formula is C15H24N2O4. The Kier molecular flexibility index (Phi) is 6.39. The van der Waals surface area contributed by atoms with Crippen molar-refractivity contribution in [2.75, 3.05) is 13.1 Å². The molecule has 1 rings (SSSR count). The molecule has 6 nitrogen and oxygen atoms in total. The maximum atomic E-state index is 12.0. The lowest BCUT2D eigenvalue weighted by Crippen LogP contribution is -2.44. The van der Waals surface area contributed by atoms with E-state index in [4.69, 9.17) is 5.11 Å². The highest BCUT2D eigenvalue weighted by Gasteiger charge is 2.38. The molecule has 0 heterocycles. The molecule has 2 N–H and O–H groups in total. The van der Waals surface area contributed by atoms with Crippen LogP contribution in [-0.2, 0) is 9.59 Å². The van der Waals surface area contributed by atoms with Gasteiger partial charge in [0, 0.05) is 19.5 Å². The van der Waals surface area contributed by atoms with Crippen LogP contribution in [0.3, 0.4) is 0 Å². The Morgan fingerprint density at radius 1 is 1.29 bits per heavy atom. The van der Waals surface area contributed by atoms with Gasteiger partial charge in [0.05, 0.1) is 6.42 Å². The van der Waals surface area contributed by atoms with Gasteiger partial charge in [0.15, 0.2) is 0 Å². The fourth-order valence-corrected chi connectivity index (χ4v) is 2.96. The smallest absolute Gasteiger partial charge is 0.324 e. The zero-order chi connectivity index (χ0) is 15.9. The zero-order valence-corrected chi connectivity index (χ0v) is 12.6. The molecule has 6 heteroatoms. The van der Waals surface area contributed by atoms with Crippen LogP contribution in [0, 0.1) is 5.41 Å². The number of imide groups is 1.